The van der Waals surface area contributed by atoms with Crippen LogP contribution >= 0.6 is 0 Å². The Kier molecular flexibility index (Phi) is 3.50. The van der Waals surface area contributed by atoms with Gasteiger partial charge in [-0.15, -0.1) is 0 Å². The van der Waals surface area contributed by atoms with Crippen LogP contribution in [0.25, 0.3) is 0 Å². The molecule has 1 fully saturated rings. The summed E-state index contributed by atoms with van der Waals surface area (Å²) in [5.74, 6) is 0.314. The van der Waals surface area contributed by atoms with Crippen LogP contribution in [0.1, 0.15) is 26.7 Å². The minimum atomic E-state index is -0.354. The molecule has 3 heteroatoms. The highest BCUT2D eigenvalue weighted by Gasteiger charge is 2.31. The van der Waals surface area contributed by atoms with Gasteiger partial charge in [0, 0.05) is 0 Å². The lowest BCUT2D eigenvalue weighted by Gasteiger charge is -2.35. The zero-order chi connectivity index (χ0) is 9.14. The molecule has 1 saturated heterocycles. The van der Waals surface area contributed by atoms with Gasteiger partial charge in [-0.05, 0) is 18.8 Å². The summed E-state index contributed by atoms with van der Waals surface area (Å²) in [6.07, 6.45) is 0.985. The molecule has 0 amide bonds. The first-order valence-corrected chi connectivity index (χ1v) is 4.59. The van der Waals surface area contributed by atoms with E-state index in [4.69, 9.17) is 9.84 Å². The van der Waals surface area contributed by atoms with E-state index in [1.807, 2.05) is 13.8 Å². The van der Waals surface area contributed by atoms with Crippen molar-refractivity contribution in [2.75, 3.05) is 6.61 Å². The highest BCUT2D eigenvalue weighted by atomic mass is 16.5. The molecule has 1 rings (SSSR count). The fraction of sp³-hybridized carbons (Fsp3) is 1.00. The van der Waals surface area contributed by atoms with Crippen LogP contribution in [-0.4, -0.2) is 35.1 Å². The van der Waals surface area contributed by atoms with Crippen molar-refractivity contribution in [2.45, 2.75) is 45.0 Å². The van der Waals surface area contributed by atoms with Crippen LogP contribution in [-0.2, 0) is 4.74 Å². The highest BCUT2D eigenvalue weighted by molar-refractivity contribution is 4.80. The van der Waals surface area contributed by atoms with Gasteiger partial charge in [0.1, 0.15) is 0 Å². The van der Waals surface area contributed by atoms with Crippen molar-refractivity contribution in [2.24, 2.45) is 5.92 Å². The van der Waals surface area contributed by atoms with Gasteiger partial charge in [0.2, 0.25) is 0 Å². The molecular formula is C9H18O3. The molecule has 2 N–H and O–H groups in total. The summed E-state index contributed by atoms with van der Waals surface area (Å²) in [6.45, 7) is 4.11. The summed E-state index contributed by atoms with van der Waals surface area (Å²) in [7, 11) is 0. The van der Waals surface area contributed by atoms with Gasteiger partial charge in [-0.25, -0.2) is 0 Å². The Morgan fingerprint density at radius 3 is 2.58 bits per heavy atom. The van der Waals surface area contributed by atoms with Gasteiger partial charge in [-0.2, -0.15) is 0 Å². The van der Waals surface area contributed by atoms with E-state index in [1.165, 1.54) is 0 Å². The summed E-state index contributed by atoms with van der Waals surface area (Å²) in [4.78, 5) is 0. The third kappa shape index (κ3) is 2.19. The maximum absolute atomic E-state index is 9.55. The Hall–Kier alpha value is -0.120. The zero-order valence-electron chi connectivity index (χ0n) is 7.73. The standard InChI is InChI=1S/C9H18O3/c1-6(2)9-8(11)4-3-7(5-10)12-9/h6-11H,3-5H2,1-2H3/t7-,8+,9-/m0/s1. The average molecular weight is 174 g/mol. The Bertz CT molecular complexity index is 136. The highest BCUT2D eigenvalue weighted by Crippen LogP contribution is 2.24. The third-order valence-electron chi connectivity index (χ3n) is 2.37. The molecule has 0 spiro atoms. The Balaban J connectivity index is 2.47. The second-order valence-corrected chi connectivity index (χ2v) is 3.79. The number of hydrogen-bond donors (Lipinski definition) is 2. The normalized spacial score (nSPS) is 37.2. The Morgan fingerprint density at radius 1 is 1.42 bits per heavy atom. The molecular weight excluding hydrogens is 156 g/mol. The number of hydrogen-bond acceptors (Lipinski definition) is 3. The van der Waals surface area contributed by atoms with E-state index >= 15 is 0 Å². The topological polar surface area (TPSA) is 49.7 Å². The predicted molar refractivity (Wildman–Crippen MR) is 45.8 cm³/mol. The van der Waals surface area contributed by atoms with E-state index in [2.05, 4.69) is 0 Å². The van der Waals surface area contributed by atoms with Gasteiger partial charge >= 0.3 is 0 Å². The van der Waals surface area contributed by atoms with Gasteiger partial charge < -0.3 is 14.9 Å². The molecule has 0 radical (unpaired) electrons. The molecule has 0 aromatic rings. The van der Waals surface area contributed by atoms with Crippen molar-refractivity contribution in [3.8, 4) is 0 Å². The minimum Gasteiger partial charge on any atom is -0.394 e. The Morgan fingerprint density at radius 2 is 2.08 bits per heavy atom. The molecule has 3 nitrogen and oxygen atoms in total. The third-order valence-corrected chi connectivity index (χ3v) is 2.37. The van der Waals surface area contributed by atoms with Gasteiger partial charge in [-0.3, -0.25) is 0 Å². The largest absolute Gasteiger partial charge is 0.394 e. The molecule has 0 saturated carbocycles. The van der Waals surface area contributed by atoms with Gasteiger partial charge in [0.15, 0.2) is 0 Å². The second kappa shape index (κ2) is 4.21. The number of aliphatic hydroxyl groups excluding tert-OH is 2. The van der Waals surface area contributed by atoms with Crippen molar-refractivity contribution < 1.29 is 14.9 Å². The Labute approximate surface area is 73.4 Å². The van der Waals surface area contributed by atoms with Crippen LogP contribution in [0, 0.1) is 5.92 Å². The smallest absolute Gasteiger partial charge is 0.0861 e. The van der Waals surface area contributed by atoms with E-state index in [0.29, 0.717) is 5.92 Å². The SMILES string of the molecule is CC(C)[C@@H]1O[C@H](CO)CC[C@H]1O. The number of aliphatic hydroxyl groups is 2. The van der Waals surface area contributed by atoms with Crippen LogP contribution in [0.15, 0.2) is 0 Å². The van der Waals surface area contributed by atoms with Crippen LogP contribution in [0.2, 0.25) is 0 Å². The predicted octanol–water partition coefficient (Wildman–Crippen LogP) is 0.543. The zero-order valence-corrected chi connectivity index (χ0v) is 7.73. The van der Waals surface area contributed by atoms with Crippen molar-refractivity contribution >= 4 is 0 Å². The molecule has 1 aliphatic rings. The van der Waals surface area contributed by atoms with E-state index in [-0.39, 0.29) is 24.9 Å². The maximum atomic E-state index is 9.55. The summed E-state index contributed by atoms with van der Waals surface area (Å²) in [5.41, 5.74) is 0. The molecule has 0 unspecified atom stereocenters. The average Bonchev–Trinajstić information content (AvgIpc) is 2.05. The molecule has 3 atom stereocenters. The summed E-state index contributed by atoms with van der Waals surface area (Å²) in [5, 5.41) is 18.4. The van der Waals surface area contributed by atoms with E-state index in [0.717, 1.165) is 12.8 Å². The van der Waals surface area contributed by atoms with Crippen molar-refractivity contribution in [3.05, 3.63) is 0 Å². The fourth-order valence-electron chi connectivity index (χ4n) is 1.64. The van der Waals surface area contributed by atoms with Gasteiger partial charge in [0.25, 0.3) is 0 Å². The first-order valence-electron chi connectivity index (χ1n) is 4.59. The number of rotatable bonds is 2. The number of ether oxygens (including phenoxy) is 1. The molecule has 12 heavy (non-hydrogen) atoms. The molecule has 0 bridgehead atoms. The van der Waals surface area contributed by atoms with Gasteiger partial charge in [-0.1, -0.05) is 13.8 Å². The lowest BCUT2D eigenvalue weighted by molar-refractivity contribution is -0.146. The van der Waals surface area contributed by atoms with Crippen molar-refractivity contribution in [3.63, 3.8) is 0 Å². The molecule has 1 aliphatic heterocycles. The van der Waals surface area contributed by atoms with Crippen molar-refractivity contribution in [1.29, 1.82) is 0 Å². The molecule has 1 heterocycles. The second-order valence-electron chi connectivity index (χ2n) is 3.79. The molecule has 72 valence electrons. The van der Waals surface area contributed by atoms with E-state index < -0.39 is 0 Å². The monoisotopic (exact) mass is 174 g/mol. The molecule has 0 aliphatic carbocycles. The minimum absolute atomic E-state index is 0.0654. The summed E-state index contributed by atoms with van der Waals surface area (Å²) < 4.78 is 5.51. The summed E-state index contributed by atoms with van der Waals surface area (Å²) >= 11 is 0. The van der Waals surface area contributed by atoms with Crippen LogP contribution < -0.4 is 0 Å². The molecule has 0 aromatic carbocycles. The maximum Gasteiger partial charge on any atom is 0.0861 e. The fourth-order valence-corrected chi connectivity index (χ4v) is 1.64. The lowest BCUT2D eigenvalue weighted by Crippen LogP contribution is -2.43. The first kappa shape index (κ1) is 9.96. The van der Waals surface area contributed by atoms with Gasteiger partial charge in [0.05, 0.1) is 24.9 Å². The van der Waals surface area contributed by atoms with E-state index in [1.54, 1.807) is 0 Å². The first-order chi connectivity index (χ1) is 5.65. The van der Waals surface area contributed by atoms with Crippen LogP contribution in [0.3, 0.4) is 0 Å². The quantitative estimate of drug-likeness (QED) is 0.642. The summed E-state index contributed by atoms with van der Waals surface area (Å²) in [6, 6.07) is 0. The van der Waals surface area contributed by atoms with Crippen molar-refractivity contribution in [1.82, 2.24) is 0 Å². The van der Waals surface area contributed by atoms with E-state index in [9.17, 15) is 5.11 Å². The lowest BCUT2D eigenvalue weighted by atomic mass is 9.94. The molecule has 0 aromatic heterocycles. The van der Waals surface area contributed by atoms with Crippen LogP contribution in [0.4, 0.5) is 0 Å². The van der Waals surface area contributed by atoms with Crippen LogP contribution in [0.5, 0.6) is 0 Å².